The minimum absolute atomic E-state index is 0.0955. The fourth-order valence-corrected chi connectivity index (χ4v) is 4.65. The Morgan fingerprint density at radius 1 is 0.853 bits per heavy atom. The molecule has 4 aromatic carbocycles. The van der Waals surface area contributed by atoms with E-state index in [2.05, 4.69) is 10.0 Å². The van der Waals surface area contributed by atoms with Gasteiger partial charge in [-0.05, 0) is 73.7 Å². The van der Waals surface area contributed by atoms with Crippen LogP contribution in [0.25, 0.3) is 10.8 Å². The van der Waals surface area contributed by atoms with Crippen LogP contribution in [0.4, 0.5) is 11.4 Å². The molecule has 0 saturated carbocycles. The Hall–Kier alpha value is -3.84. The summed E-state index contributed by atoms with van der Waals surface area (Å²) in [6.07, 6.45) is -0.725. The molecule has 34 heavy (non-hydrogen) atoms. The van der Waals surface area contributed by atoms with Crippen LogP contribution >= 0.6 is 0 Å². The lowest BCUT2D eigenvalue weighted by Crippen LogP contribution is -2.30. The van der Waals surface area contributed by atoms with E-state index >= 15 is 0 Å². The number of hydrogen-bond donors (Lipinski definition) is 2. The number of aryl methyl sites for hydroxylation is 1. The molecule has 0 aliphatic rings. The molecule has 0 aromatic heterocycles. The summed E-state index contributed by atoms with van der Waals surface area (Å²) >= 11 is 0. The van der Waals surface area contributed by atoms with E-state index in [9.17, 15) is 13.2 Å². The zero-order chi connectivity index (χ0) is 24.3. The van der Waals surface area contributed by atoms with Gasteiger partial charge in [-0.25, -0.2) is 8.42 Å². The first kappa shape index (κ1) is 23.3. The van der Waals surface area contributed by atoms with Gasteiger partial charge in [0.1, 0.15) is 5.75 Å². The van der Waals surface area contributed by atoms with Gasteiger partial charge >= 0.3 is 0 Å². The first-order valence-electron chi connectivity index (χ1n) is 10.9. The van der Waals surface area contributed by atoms with E-state index in [0.717, 1.165) is 21.9 Å². The summed E-state index contributed by atoms with van der Waals surface area (Å²) in [5, 5.41) is 4.53. The number of sulfonamides is 1. The molecule has 1 amide bonds. The fraction of sp³-hybridized carbons (Fsp3) is 0.148. The second-order valence-corrected chi connectivity index (χ2v) is 9.79. The summed E-state index contributed by atoms with van der Waals surface area (Å²) < 4.78 is 34.3. The van der Waals surface area contributed by atoms with Crippen molar-refractivity contribution < 1.29 is 17.9 Å². The van der Waals surface area contributed by atoms with E-state index in [1.165, 1.54) is 12.1 Å². The van der Waals surface area contributed by atoms with Crippen LogP contribution < -0.4 is 14.8 Å². The van der Waals surface area contributed by atoms with Crippen LogP contribution in [0.2, 0.25) is 0 Å². The minimum atomic E-state index is -3.80. The summed E-state index contributed by atoms with van der Waals surface area (Å²) in [6.45, 7) is 5.60. The van der Waals surface area contributed by atoms with Gasteiger partial charge in [0, 0.05) is 11.1 Å². The molecule has 0 aliphatic carbocycles. The zero-order valence-electron chi connectivity index (χ0n) is 19.2. The van der Waals surface area contributed by atoms with Gasteiger partial charge in [-0.2, -0.15) is 0 Å². The van der Waals surface area contributed by atoms with Crippen LogP contribution in [-0.4, -0.2) is 20.4 Å². The van der Waals surface area contributed by atoms with E-state index in [1.807, 2.05) is 62.4 Å². The van der Waals surface area contributed by atoms with Crippen molar-refractivity contribution >= 4 is 38.1 Å². The highest BCUT2D eigenvalue weighted by molar-refractivity contribution is 7.92. The van der Waals surface area contributed by atoms with Crippen molar-refractivity contribution in [2.45, 2.75) is 31.8 Å². The number of rotatable bonds is 7. The summed E-state index contributed by atoms with van der Waals surface area (Å²) in [4.78, 5) is 12.7. The highest BCUT2D eigenvalue weighted by Gasteiger charge is 2.18. The summed E-state index contributed by atoms with van der Waals surface area (Å²) in [5.74, 6) is 0.328. The SMILES string of the molecule is Cc1cccc(O[C@H](C)C(=O)Nc2ccc(S(=O)(=O)Nc3cccc4ccccc34)cc2)c1C. The van der Waals surface area contributed by atoms with Crippen molar-refractivity contribution in [3.8, 4) is 5.75 Å². The molecular formula is C27H26N2O4S. The molecule has 0 unspecified atom stereocenters. The number of carbonyl (C=O) groups excluding carboxylic acids is 1. The molecule has 0 aliphatic heterocycles. The van der Waals surface area contributed by atoms with Crippen molar-refractivity contribution in [3.63, 3.8) is 0 Å². The molecule has 0 saturated heterocycles. The fourth-order valence-electron chi connectivity index (χ4n) is 3.58. The van der Waals surface area contributed by atoms with E-state index in [4.69, 9.17) is 4.74 Å². The molecule has 1 atom stereocenters. The van der Waals surface area contributed by atoms with Crippen LogP contribution in [0.15, 0.2) is 89.8 Å². The second-order valence-electron chi connectivity index (χ2n) is 8.10. The number of benzene rings is 4. The number of ether oxygens (including phenoxy) is 1. The molecule has 4 rings (SSSR count). The van der Waals surface area contributed by atoms with Crippen LogP contribution in [0, 0.1) is 13.8 Å². The highest BCUT2D eigenvalue weighted by Crippen LogP contribution is 2.26. The molecule has 0 spiro atoms. The van der Waals surface area contributed by atoms with E-state index < -0.39 is 16.1 Å². The number of hydrogen-bond acceptors (Lipinski definition) is 4. The van der Waals surface area contributed by atoms with Crippen molar-refractivity contribution in [3.05, 3.63) is 96.1 Å². The maximum Gasteiger partial charge on any atom is 0.265 e. The lowest BCUT2D eigenvalue weighted by atomic mass is 10.1. The van der Waals surface area contributed by atoms with Crippen molar-refractivity contribution in [2.24, 2.45) is 0 Å². The number of carbonyl (C=O) groups is 1. The lowest BCUT2D eigenvalue weighted by molar-refractivity contribution is -0.122. The number of fused-ring (bicyclic) bond motifs is 1. The van der Waals surface area contributed by atoms with Gasteiger partial charge in [-0.1, -0.05) is 48.5 Å². The normalized spacial score (nSPS) is 12.2. The summed E-state index contributed by atoms with van der Waals surface area (Å²) in [5.41, 5.74) is 3.05. The maximum absolute atomic E-state index is 12.9. The lowest BCUT2D eigenvalue weighted by Gasteiger charge is -2.17. The third-order valence-electron chi connectivity index (χ3n) is 5.69. The predicted molar refractivity (Wildman–Crippen MR) is 136 cm³/mol. The van der Waals surface area contributed by atoms with Gasteiger partial charge < -0.3 is 10.1 Å². The number of nitrogens with one attached hydrogen (secondary N) is 2. The minimum Gasteiger partial charge on any atom is -0.481 e. The molecular weight excluding hydrogens is 448 g/mol. The largest absolute Gasteiger partial charge is 0.481 e. The smallest absolute Gasteiger partial charge is 0.265 e. The van der Waals surface area contributed by atoms with Crippen LogP contribution in [0.1, 0.15) is 18.1 Å². The van der Waals surface area contributed by atoms with Gasteiger partial charge in [0.25, 0.3) is 15.9 Å². The van der Waals surface area contributed by atoms with Crippen LogP contribution in [0.3, 0.4) is 0 Å². The monoisotopic (exact) mass is 474 g/mol. The molecule has 0 bridgehead atoms. The standard InChI is InChI=1S/C27H26N2O4S/c1-18-8-6-13-26(19(18)2)33-20(3)27(30)28-22-14-16-23(17-15-22)34(31,32)29-25-12-7-10-21-9-4-5-11-24(21)25/h4-17,20,29H,1-3H3,(H,28,30)/t20-/m1/s1. The highest BCUT2D eigenvalue weighted by atomic mass is 32.2. The second kappa shape index (κ2) is 9.57. The topological polar surface area (TPSA) is 84.5 Å². The summed E-state index contributed by atoms with van der Waals surface area (Å²) in [7, 11) is -3.80. The zero-order valence-corrected chi connectivity index (χ0v) is 20.0. The molecule has 0 fully saturated rings. The van der Waals surface area contributed by atoms with E-state index in [1.54, 1.807) is 31.2 Å². The third kappa shape index (κ3) is 5.05. The van der Waals surface area contributed by atoms with Gasteiger partial charge in [0.2, 0.25) is 0 Å². The third-order valence-corrected chi connectivity index (χ3v) is 7.08. The predicted octanol–water partition coefficient (Wildman–Crippen LogP) is 5.66. The molecule has 0 radical (unpaired) electrons. The molecule has 4 aromatic rings. The Balaban J connectivity index is 1.45. The van der Waals surface area contributed by atoms with E-state index in [0.29, 0.717) is 17.1 Å². The number of anilines is 2. The Bertz CT molecular complexity index is 1440. The van der Waals surface area contributed by atoms with Crippen molar-refractivity contribution in [1.82, 2.24) is 0 Å². The quantitative estimate of drug-likeness (QED) is 0.362. The molecule has 6 nitrogen and oxygen atoms in total. The Morgan fingerprint density at radius 2 is 1.53 bits per heavy atom. The van der Waals surface area contributed by atoms with Gasteiger partial charge in [-0.15, -0.1) is 0 Å². The van der Waals surface area contributed by atoms with E-state index in [-0.39, 0.29) is 10.8 Å². The van der Waals surface area contributed by atoms with Crippen molar-refractivity contribution in [2.75, 3.05) is 10.0 Å². The number of amides is 1. The average molecular weight is 475 g/mol. The first-order valence-corrected chi connectivity index (χ1v) is 12.4. The van der Waals surface area contributed by atoms with Crippen LogP contribution in [0.5, 0.6) is 5.75 Å². The molecule has 0 heterocycles. The first-order chi connectivity index (χ1) is 16.2. The summed E-state index contributed by atoms with van der Waals surface area (Å²) in [6, 6.07) is 24.7. The van der Waals surface area contributed by atoms with Crippen LogP contribution in [-0.2, 0) is 14.8 Å². The van der Waals surface area contributed by atoms with Crippen molar-refractivity contribution in [1.29, 1.82) is 0 Å². The van der Waals surface area contributed by atoms with Gasteiger partial charge in [0.05, 0.1) is 10.6 Å². The van der Waals surface area contributed by atoms with Gasteiger partial charge in [-0.3, -0.25) is 9.52 Å². The molecule has 2 N–H and O–H groups in total. The van der Waals surface area contributed by atoms with Gasteiger partial charge in [0.15, 0.2) is 6.10 Å². The Morgan fingerprint density at radius 3 is 2.29 bits per heavy atom. The maximum atomic E-state index is 12.9. The Kier molecular flexibility index (Phi) is 6.56. The Labute approximate surface area is 199 Å². The average Bonchev–Trinajstić information content (AvgIpc) is 2.82. The molecule has 7 heteroatoms. The molecule has 174 valence electrons.